The molecule has 82 valence electrons. The van der Waals surface area contributed by atoms with Gasteiger partial charge in [0, 0.05) is 0 Å². The van der Waals surface area contributed by atoms with E-state index < -0.39 is 11.6 Å². The van der Waals surface area contributed by atoms with Gasteiger partial charge in [-0.25, -0.2) is 10.5 Å². The third-order valence-corrected chi connectivity index (χ3v) is 1.48. The van der Waals surface area contributed by atoms with Gasteiger partial charge in [0.05, 0.1) is 0 Å². The van der Waals surface area contributed by atoms with Crippen molar-refractivity contribution in [3.05, 3.63) is 25.3 Å². The topological polar surface area (TPSA) is 77.4 Å². The van der Waals surface area contributed by atoms with Crippen LogP contribution in [0, 0.1) is 0 Å². The van der Waals surface area contributed by atoms with E-state index in [0.717, 1.165) is 12.2 Å². The summed E-state index contributed by atoms with van der Waals surface area (Å²) >= 11 is 0. The molecule has 2 unspecified atom stereocenters. The largest absolute Gasteiger partial charge is 0.249 e. The molecule has 0 spiro atoms. The molecule has 0 radical (unpaired) electrons. The Hall–Kier alpha value is -0.760. The van der Waals surface area contributed by atoms with Crippen molar-refractivity contribution in [2.75, 3.05) is 0 Å². The highest BCUT2D eigenvalue weighted by atomic mass is 17.3. The smallest absolute Gasteiger partial charge is 0.248 e. The van der Waals surface area contributed by atoms with Gasteiger partial charge >= 0.3 is 0 Å². The van der Waals surface area contributed by atoms with Crippen molar-refractivity contribution in [1.29, 1.82) is 0 Å². The molecular weight excluding hydrogens is 192 g/mol. The van der Waals surface area contributed by atoms with Crippen LogP contribution in [-0.2, 0) is 19.6 Å². The Morgan fingerprint density at radius 1 is 0.929 bits per heavy atom. The highest BCUT2D eigenvalue weighted by Gasteiger charge is 2.31. The Morgan fingerprint density at radius 3 is 1.36 bits per heavy atom. The van der Waals surface area contributed by atoms with Crippen molar-refractivity contribution in [2.24, 2.45) is 0 Å². The van der Waals surface area contributed by atoms with Gasteiger partial charge in [-0.05, 0) is 26.0 Å². The molecule has 0 rings (SSSR count). The lowest BCUT2D eigenvalue weighted by Crippen LogP contribution is -2.36. The van der Waals surface area contributed by atoms with Crippen LogP contribution < -0.4 is 0 Å². The van der Waals surface area contributed by atoms with Crippen LogP contribution in [0.4, 0.5) is 0 Å². The van der Waals surface area contributed by atoms with E-state index >= 15 is 0 Å². The Morgan fingerprint density at radius 2 is 1.21 bits per heavy atom. The molecule has 0 aliphatic rings. The van der Waals surface area contributed by atoms with E-state index in [9.17, 15) is 0 Å². The zero-order valence-corrected chi connectivity index (χ0v) is 8.10. The van der Waals surface area contributed by atoms with E-state index in [1.54, 1.807) is 0 Å². The van der Waals surface area contributed by atoms with Crippen molar-refractivity contribution in [2.45, 2.75) is 25.4 Å². The summed E-state index contributed by atoms with van der Waals surface area (Å²) in [7, 11) is 0. The summed E-state index contributed by atoms with van der Waals surface area (Å²) in [5.41, 5.74) is 0. The number of hydrogen-bond acceptors (Lipinski definition) is 6. The standard InChI is InChI=1S/C8H14O6/c1-5-7(3,11-9)13-14-8(4,6-2)12-10/h5-6,9-10H,1-2H2,3-4H3. The second kappa shape index (κ2) is 5.20. The predicted octanol–water partition coefficient (Wildman–Crippen LogP) is 1.72. The Kier molecular flexibility index (Phi) is 4.92. The first kappa shape index (κ1) is 13.2. The molecule has 14 heavy (non-hydrogen) atoms. The quantitative estimate of drug-likeness (QED) is 0.286. The molecule has 0 aliphatic heterocycles. The Bertz CT molecular complexity index is 184. The van der Waals surface area contributed by atoms with Crippen molar-refractivity contribution < 1.29 is 30.1 Å². The predicted molar refractivity (Wildman–Crippen MR) is 46.8 cm³/mol. The molecule has 0 aliphatic carbocycles. The summed E-state index contributed by atoms with van der Waals surface area (Å²) < 4.78 is 0. The molecule has 0 heterocycles. The average molecular weight is 206 g/mol. The minimum absolute atomic E-state index is 1.15. The first-order valence-corrected chi connectivity index (χ1v) is 3.74. The third kappa shape index (κ3) is 3.54. The van der Waals surface area contributed by atoms with Crippen molar-refractivity contribution >= 4 is 0 Å². The molecule has 0 saturated carbocycles. The van der Waals surface area contributed by atoms with Crippen LogP contribution in [-0.4, -0.2) is 22.1 Å². The highest BCUT2D eigenvalue weighted by Crippen LogP contribution is 2.19. The summed E-state index contributed by atoms with van der Waals surface area (Å²) in [6.07, 6.45) is 2.29. The Labute approximate surface area is 81.7 Å². The third-order valence-electron chi connectivity index (χ3n) is 1.48. The van der Waals surface area contributed by atoms with Gasteiger partial charge < -0.3 is 0 Å². The second-order valence-corrected chi connectivity index (χ2v) is 2.79. The molecule has 0 aromatic rings. The van der Waals surface area contributed by atoms with Crippen LogP contribution in [0.5, 0.6) is 0 Å². The highest BCUT2D eigenvalue weighted by molar-refractivity contribution is 4.85. The zero-order valence-electron chi connectivity index (χ0n) is 8.10. The van der Waals surface area contributed by atoms with Gasteiger partial charge in [-0.2, -0.15) is 19.6 Å². The van der Waals surface area contributed by atoms with Gasteiger partial charge in [-0.15, -0.1) is 0 Å². The van der Waals surface area contributed by atoms with Gasteiger partial charge in [-0.3, -0.25) is 0 Å². The van der Waals surface area contributed by atoms with E-state index in [-0.39, 0.29) is 0 Å². The fourth-order valence-corrected chi connectivity index (χ4v) is 0.338. The van der Waals surface area contributed by atoms with E-state index in [4.69, 9.17) is 10.5 Å². The molecule has 6 heteroatoms. The van der Waals surface area contributed by atoms with Crippen LogP contribution in [0.3, 0.4) is 0 Å². The molecule has 0 saturated heterocycles. The molecule has 0 bridgehead atoms. The minimum Gasteiger partial charge on any atom is -0.248 e. The van der Waals surface area contributed by atoms with Crippen LogP contribution in [0.15, 0.2) is 25.3 Å². The maximum atomic E-state index is 8.42. The lowest BCUT2D eigenvalue weighted by atomic mass is 10.3. The maximum absolute atomic E-state index is 8.42. The van der Waals surface area contributed by atoms with E-state index in [0.29, 0.717) is 0 Å². The van der Waals surface area contributed by atoms with Gasteiger partial charge in [-0.1, -0.05) is 13.2 Å². The lowest BCUT2D eigenvalue weighted by molar-refractivity contribution is -0.545. The average Bonchev–Trinajstić information content (AvgIpc) is 2.25. The van der Waals surface area contributed by atoms with Crippen LogP contribution in [0.25, 0.3) is 0 Å². The summed E-state index contributed by atoms with van der Waals surface area (Å²) in [5.74, 6) is -3.11. The summed E-state index contributed by atoms with van der Waals surface area (Å²) in [4.78, 5) is 17.1. The summed E-state index contributed by atoms with van der Waals surface area (Å²) in [6.45, 7) is 9.34. The van der Waals surface area contributed by atoms with Crippen molar-refractivity contribution in [3.63, 3.8) is 0 Å². The fraction of sp³-hybridized carbons (Fsp3) is 0.500. The normalized spacial score (nSPS) is 19.4. The number of rotatable bonds is 7. The van der Waals surface area contributed by atoms with Gasteiger partial charge in [0.1, 0.15) is 0 Å². The minimum atomic E-state index is -1.55. The molecule has 0 aromatic carbocycles. The first-order chi connectivity index (χ1) is 6.45. The van der Waals surface area contributed by atoms with E-state index in [1.807, 2.05) is 0 Å². The summed E-state index contributed by atoms with van der Waals surface area (Å²) in [5, 5.41) is 16.8. The number of hydrogen-bond donors (Lipinski definition) is 2. The van der Waals surface area contributed by atoms with Gasteiger partial charge in [0.15, 0.2) is 0 Å². The molecular formula is C8H14O6. The SMILES string of the molecule is C=CC(C)(OO)OOC(C)(C=C)OO. The van der Waals surface area contributed by atoms with Crippen LogP contribution in [0.1, 0.15) is 13.8 Å². The van der Waals surface area contributed by atoms with Gasteiger partial charge in [0.2, 0.25) is 11.6 Å². The lowest BCUT2D eigenvalue weighted by Gasteiger charge is -2.26. The molecule has 6 nitrogen and oxygen atoms in total. The summed E-state index contributed by atoms with van der Waals surface area (Å²) in [6, 6.07) is 0. The molecule has 2 N–H and O–H groups in total. The second-order valence-electron chi connectivity index (χ2n) is 2.79. The van der Waals surface area contributed by atoms with Gasteiger partial charge in [0.25, 0.3) is 0 Å². The zero-order chi connectivity index (χ0) is 11.2. The molecule has 2 atom stereocenters. The molecule has 0 fully saturated rings. The maximum Gasteiger partial charge on any atom is 0.249 e. The monoisotopic (exact) mass is 206 g/mol. The molecule has 0 aromatic heterocycles. The van der Waals surface area contributed by atoms with Crippen LogP contribution >= 0.6 is 0 Å². The molecule has 0 amide bonds. The van der Waals surface area contributed by atoms with Crippen LogP contribution in [0.2, 0.25) is 0 Å². The van der Waals surface area contributed by atoms with E-state index in [1.165, 1.54) is 13.8 Å². The Balaban J connectivity index is 4.27. The van der Waals surface area contributed by atoms with E-state index in [2.05, 4.69) is 32.7 Å². The van der Waals surface area contributed by atoms with Crippen molar-refractivity contribution in [1.82, 2.24) is 0 Å². The van der Waals surface area contributed by atoms with Crippen molar-refractivity contribution in [3.8, 4) is 0 Å². The fourth-order valence-electron chi connectivity index (χ4n) is 0.338. The first-order valence-electron chi connectivity index (χ1n) is 3.74.